The van der Waals surface area contributed by atoms with Crippen LogP contribution in [0.2, 0.25) is 4.34 Å². The van der Waals surface area contributed by atoms with Crippen molar-refractivity contribution in [3.05, 3.63) is 21.3 Å². The van der Waals surface area contributed by atoms with Crippen molar-refractivity contribution in [3.63, 3.8) is 0 Å². The predicted molar refractivity (Wildman–Crippen MR) is 54.8 cm³/mol. The molecule has 0 aromatic carbocycles. The first-order valence-electron chi connectivity index (χ1n) is 4.13. The lowest BCUT2D eigenvalue weighted by atomic mass is 9.97. The summed E-state index contributed by atoms with van der Waals surface area (Å²) in [5.41, 5.74) is -1.07. The number of hydrogen-bond donors (Lipinski definition) is 1. The SMILES string of the molecule is C#CC(O)(c1ccc(Cl)s1)C1CC1. The van der Waals surface area contributed by atoms with Crippen LogP contribution in [0, 0.1) is 18.3 Å². The molecule has 0 spiro atoms. The number of terminal acetylenes is 1. The second-order valence-corrected chi connectivity index (χ2v) is 5.00. The molecule has 0 aliphatic heterocycles. The molecular weight excluding hydrogens is 204 g/mol. The van der Waals surface area contributed by atoms with Crippen LogP contribution in [0.4, 0.5) is 0 Å². The van der Waals surface area contributed by atoms with Gasteiger partial charge in [-0.15, -0.1) is 17.8 Å². The Kier molecular flexibility index (Phi) is 2.11. The highest BCUT2D eigenvalue weighted by atomic mass is 35.5. The highest BCUT2D eigenvalue weighted by Gasteiger charge is 2.44. The lowest BCUT2D eigenvalue weighted by Gasteiger charge is -2.19. The maximum atomic E-state index is 10.2. The first-order valence-corrected chi connectivity index (χ1v) is 5.32. The van der Waals surface area contributed by atoms with E-state index in [9.17, 15) is 5.11 Å². The van der Waals surface area contributed by atoms with Crippen molar-refractivity contribution in [2.24, 2.45) is 5.92 Å². The Morgan fingerprint density at radius 3 is 2.69 bits per heavy atom. The molecule has 1 aromatic heterocycles. The number of aliphatic hydroxyl groups is 1. The molecule has 1 aromatic rings. The summed E-state index contributed by atoms with van der Waals surface area (Å²) in [6.07, 6.45) is 7.37. The van der Waals surface area contributed by atoms with Gasteiger partial charge in [0.1, 0.15) is 0 Å². The van der Waals surface area contributed by atoms with Crippen molar-refractivity contribution < 1.29 is 5.11 Å². The predicted octanol–water partition coefficient (Wildman–Crippen LogP) is 2.63. The lowest BCUT2D eigenvalue weighted by molar-refractivity contribution is 0.0797. The largest absolute Gasteiger partial charge is 0.372 e. The van der Waals surface area contributed by atoms with Crippen molar-refractivity contribution in [3.8, 4) is 12.3 Å². The third kappa shape index (κ3) is 1.48. The van der Waals surface area contributed by atoms with Gasteiger partial charge in [0.15, 0.2) is 5.60 Å². The van der Waals surface area contributed by atoms with E-state index >= 15 is 0 Å². The second kappa shape index (κ2) is 3.02. The summed E-state index contributed by atoms with van der Waals surface area (Å²) in [4.78, 5) is 0.794. The van der Waals surface area contributed by atoms with Crippen molar-refractivity contribution in [1.82, 2.24) is 0 Å². The van der Waals surface area contributed by atoms with Crippen LogP contribution in [0.25, 0.3) is 0 Å². The molecule has 13 heavy (non-hydrogen) atoms. The third-order valence-corrected chi connectivity index (χ3v) is 3.69. The Bertz CT molecular complexity index is 361. The molecule has 1 unspecified atom stereocenters. The standard InChI is InChI=1S/C10H9ClOS/c1-2-10(12,7-3-4-7)8-5-6-9(11)13-8/h1,5-7,12H,3-4H2. The minimum Gasteiger partial charge on any atom is -0.372 e. The van der Waals surface area contributed by atoms with E-state index in [0.29, 0.717) is 4.34 Å². The maximum absolute atomic E-state index is 10.2. The zero-order valence-corrected chi connectivity index (χ0v) is 8.53. The van der Waals surface area contributed by atoms with Gasteiger partial charge in [0.25, 0.3) is 0 Å². The van der Waals surface area contributed by atoms with Crippen molar-refractivity contribution in [2.45, 2.75) is 18.4 Å². The number of halogens is 1. The van der Waals surface area contributed by atoms with Gasteiger partial charge in [0.2, 0.25) is 0 Å². The van der Waals surface area contributed by atoms with Crippen LogP contribution in [0.15, 0.2) is 12.1 Å². The van der Waals surface area contributed by atoms with E-state index in [1.54, 1.807) is 6.07 Å². The lowest BCUT2D eigenvalue weighted by Crippen LogP contribution is -2.24. The molecule has 1 nitrogen and oxygen atoms in total. The Hall–Kier alpha value is -0.490. The average molecular weight is 213 g/mol. The molecule has 68 valence electrons. The summed E-state index contributed by atoms with van der Waals surface area (Å²) in [6.45, 7) is 0. The third-order valence-electron chi connectivity index (χ3n) is 2.34. The van der Waals surface area contributed by atoms with Crippen LogP contribution >= 0.6 is 22.9 Å². The smallest absolute Gasteiger partial charge is 0.162 e. The van der Waals surface area contributed by atoms with E-state index in [2.05, 4.69) is 5.92 Å². The first kappa shape index (κ1) is 9.08. The van der Waals surface area contributed by atoms with E-state index in [-0.39, 0.29) is 5.92 Å². The molecule has 0 bridgehead atoms. The molecule has 1 aliphatic carbocycles. The van der Waals surface area contributed by atoms with Gasteiger partial charge in [-0.25, -0.2) is 0 Å². The van der Waals surface area contributed by atoms with Crippen molar-refractivity contribution >= 4 is 22.9 Å². The van der Waals surface area contributed by atoms with Crippen LogP contribution in [0.3, 0.4) is 0 Å². The minimum absolute atomic E-state index is 0.229. The Morgan fingerprint density at radius 1 is 1.62 bits per heavy atom. The molecule has 1 fully saturated rings. The van der Waals surface area contributed by atoms with E-state index in [4.69, 9.17) is 18.0 Å². The Balaban J connectivity index is 2.37. The highest BCUT2D eigenvalue weighted by Crippen LogP contribution is 2.47. The molecule has 1 N–H and O–H groups in total. The molecular formula is C10H9ClOS. The van der Waals surface area contributed by atoms with Crippen LogP contribution in [0.5, 0.6) is 0 Å². The van der Waals surface area contributed by atoms with Gasteiger partial charge in [-0.3, -0.25) is 0 Å². The van der Waals surface area contributed by atoms with E-state index in [1.807, 2.05) is 6.07 Å². The van der Waals surface area contributed by atoms with Crippen LogP contribution in [-0.2, 0) is 5.60 Å². The Morgan fingerprint density at radius 2 is 2.31 bits per heavy atom. The van der Waals surface area contributed by atoms with Crippen LogP contribution < -0.4 is 0 Å². The minimum atomic E-state index is -1.07. The van der Waals surface area contributed by atoms with Gasteiger partial charge in [-0.1, -0.05) is 17.5 Å². The summed E-state index contributed by atoms with van der Waals surface area (Å²) < 4.78 is 0.671. The van der Waals surface area contributed by atoms with E-state index in [1.165, 1.54) is 11.3 Å². The van der Waals surface area contributed by atoms with Gasteiger partial charge in [-0.2, -0.15) is 0 Å². The molecule has 1 atom stereocenters. The fraction of sp³-hybridized carbons (Fsp3) is 0.400. The zero-order valence-electron chi connectivity index (χ0n) is 6.96. The normalized spacial score (nSPS) is 20.7. The first-order chi connectivity index (χ1) is 6.16. The quantitative estimate of drug-likeness (QED) is 0.748. The molecule has 1 heterocycles. The summed E-state index contributed by atoms with van der Waals surface area (Å²) in [6, 6.07) is 3.58. The second-order valence-electron chi connectivity index (χ2n) is 3.29. The van der Waals surface area contributed by atoms with E-state index < -0.39 is 5.60 Å². The zero-order chi connectivity index (χ0) is 9.47. The molecule has 1 saturated carbocycles. The van der Waals surface area contributed by atoms with E-state index in [0.717, 1.165) is 17.7 Å². The van der Waals surface area contributed by atoms with Crippen LogP contribution in [-0.4, -0.2) is 5.11 Å². The topological polar surface area (TPSA) is 20.2 Å². The average Bonchev–Trinajstić information content (AvgIpc) is 2.89. The van der Waals surface area contributed by atoms with Gasteiger partial charge in [0.05, 0.1) is 9.21 Å². The Labute approximate surface area is 86.4 Å². The molecule has 1 aliphatic rings. The van der Waals surface area contributed by atoms with Crippen LogP contribution in [0.1, 0.15) is 17.7 Å². The van der Waals surface area contributed by atoms with Gasteiger partial charge in [0, 0.05) is 5.92 Å². The number of hydrogen-bond acceptors (Lipinski definition) is 2. The number of rotatable bonds is 2. The molecule has 0 amide bonds. The fourth-order valence-corrected chi connectivity index (χ4v) is 2.59. The van der Waals surface area contributed by atoms with Gasteiger partial charge >= 0.3 is 0 Å². The summed E-state index contributed by atoms with van der Waals surface area (Å²) in [7, 11) is 0. The van der Waals surface area contributed by atoms with Crippen molar-refractivity contribution in [1.29, 1.82) is 0 Å². The molecule has 3 heteroatoms. The van der Waals surface area contributed by atoms with Gasteiger partial charge in [-0.05, 0) is 25.0 Å². The summed E-state index contributed by atoms with van der Waals surface area (Å²) in [5, 5.41) is 10.2. The molecule has 0 saturated heterocycles. The monoisotopic (exact) mass is 212 g/mol. The maximum Gasteiger partial charge on any atom is 0.162 e. The van der Waals surface area contributed by atoms with Crippen molar-refractivity contribution in [2.75, 3.05) is 0 Å². The summed E-state index contributed by atoms with van der Waals surface area (Å²) >= 11 is 7.15. The fourth-order valence-electron chi connectivity index (χ4n) is 1.41. The highest BCUT2D eigenvalue weighted by molar-refractivity contribution is 7.16. The number of thiophene rings is 1. The summed E-state index contributed by atoms with van der Waals surface area (Å²) in [5.74, 6) is 2.71. The molecule has 0 radical (unpaired) electrons. The molecule has 2 rings (SSSR count). The van der Waals surface area contributed by atoms with Gasteiger partial charge < -0.3 is 5.11 Å².